The molecule has 6 nitrogen and oxygen atoms in total. The minimum atomic E-state index is -1.57. The standard InChI is InChI=1S/C5H7BrN2O4/c1-4(7(9)10)3-5(2,6)8(11)12/h3H,1-2H3/b4-3-. The topological polar surface area (TPSA) is 86.3 Å². The van der Waals surface area contributed by atoms with Crippen molar-refractivity contribution in [2.24, 2.45) is 0 Å². The van der Waals surface area contributed by atoms with Crippen LogP contribution in [0.15, 0.2) is 11.8 Å². The summed E-state index contributed by atoms with van der Waals surface area (Å²) in [5.74, 6) is 0. The quantitative estimate of drug-likeness (QED) is 0.323. The molecule has 0 aromatic carbocycles. The second kappa shape index (κ2) is 3.61. The van der Waals surface area contributed by atoms with Gasteiger partial charge in [0, 0.05) is 34.7 Å². The number of alkyl halides is 1. The fourth-order valence-corrected chi connectivity index (χ4v) is 0.818. The fourth-order valence-electron chi connectivity index (χ4n) is 0.487. The van der Waals surface area contributed by atoms with E-state index in [1.165, 1.54) is 13.8 Å². The van der Waals surface area contributed by atoms with E-state index in [9.17, 15) is 20.2 Å². The predicted octanol–water partition coefficient (Wildman–Crippen LogP) is 1.55. The lowest BCUT2D eigenvalue weighted by Gasteiger charge is -2.06. The summed E-state index contributed by atoms with van der Waals surface area (Å²) in [5.41, 5.74) is -0.258. The van der Waals surface area contributed by atoms with Gasteiger partial charge in [0.25, 0.3) is 4.45 Å². The van der Waals surface area contributed by atoms with E-state index >= 15 is 0 Å². The number of nitro groups is 2. The maximum absolute atomic E-state index is 10.3. The zero-order valence-electron chi connectivity index (χ0n) is 6.48. The second-order valence-electron chi connectivity index (χ2n) is 2.32. The van der Waals surface area contributed by atoms with E-state index in [0.717, 1.165) is 6.08 Å². The third-order valence-corrected chi connectivity index (χ3v) is 1.64. The molecule has 0 fully saturated rings. The van der Waals surface area contributed by atoms with E-state index in [0.29, 0.717) is 0 Å². The van der Waals surface area contributed by atoms with Gasteiger partial charge in [-0.2, -0.15) is 0 Å². The molecule has 68 valence electrons. The van der Waals surface area contributed by atoms with Crippen LogP contribution in [0, 0.1) is 20.2 Å². The Bertz CT molecular complexity index is 248. The average Bonchev–Trinajstić information content (AvgIpc) is 1.85. The maximum atomic E-state index is 10.3. The Labute approximate surface area is 76.7 Å². The van der Waals surface area contributed by atoms with Crippen molar-refractivity contribution < 1.29 is 9.85 Å². The number of halogens is 1. The predicted molar refractivity (Wildman–Crippen MR) is 45.1 cm³/mol. The van der Waals surface area contributed by atoms with Crippen molar-refractivity contribution in [3.8, 4) is 0 Å². The molecule has 0 heterocycles. The Morgan fingerprint density at radius 1 is 1.50 bits per heavy atom. The van der Waals surface area contributed by atoms with Crippen LogP contribution >= 0.6 is 15.9 Å². The highest BCUT2D eigenvalue weighted by Gasteiger charge is 2.32. The van der Waals surface area contributed by atoms with E-state index in [4.69, 9.17) is 0 Å². The molecule has 0 aromatic rings. The molecule has 12 heavy (non-hydrogen) atoms. The van der Waals surface area contributed by atoms with Crippen LogP contribution in [0.4, 0.5) is 0 Å². The van der Waals surface area contributed by atoms with Crippen LogP contribution in [0.3, 0.4) is 0 Å². The molecule has 0 bridgehead atoms. The van der Waals surface area contributed by atoms with Gasteiger partial charge in [-0.1, -0.05) is 0 Å². The molecule has 0 amide bonds. The van der Waals surface area contributed by atoms with E-state index in [2.05, 4.69) is 15.9 Å². The van der Waals surface area contributed by atoms with Gasteiger partial charge in [0.1, 0.15) is 0 Å². The van der Waals surface area contributed by atoms with Gasteiger partial charge in [-0.15, -0.1) is 0 Å². The molecule has 0 saturated carbocycles. The zero-order chi connectivity index (χ0) is 9.94. The summed E-state index contributed by atoms with van der Waals surface area (Å²) < 4.78 is -1.57. The molecule has 0 aliphatic heterocycles. The van der Waals surface area contributed by atoms with Crippen LogP contribution in [-0.4, -0.2) is 14.3 Å². The molecule has 0 rings (SSSR count). The largest absolute Gasteiger partial charge is 0.296 e. The molecule has 0 saturated heterocycles. The number of hydrogen-bond donors (Lipinski definition) is 0. The molecule has 0 aliphatic rings. The lowest BCUT2D eigenvalue weighted by molar-refractivity contribution is -0.519. The SMILES string of the molecule is C/C(=C/C(C)(Br)[N+](=O)[O-])[N+](=O)[O-]. The van der Waals surface area contributed by atoms with Gasteiger partial charge in [-0.3, -0.25) is 20.2 Å². The van der Waals surface area contributed by atoms with Crippen LogP contribution in [0.5, 0.6) is 0 Å². The Morgan fingerprint density at radius 2 is 1.92 bits per heavy atom. The van der Waals surface area contributed by atoms with Crippen LogP contribution < -0.4 is 0 Å². The van der Waals surface area contributed by atoms with E-state index < -0.39 is 14.3 Å². The van der Waals surface area contributed by atoms with Gasteiger partial charge in [-0.25, -0.2) is 0 Å². The summed E-state index contributed by atoms with van der Waals surface area (Å²) in [5, 5.41) is 20.4. The first-order valence-electron chi connectivity index (χ1n) is 2.94. The molecule has 0 radical (unpaired) electrons. The van der Waals surface area contributed by atoms with E-state index in [-0.39, 0.29) is 5.70 Å². The number of nitrogens with zero attached hydrogens (tertiary/aromatic N) is 2. The van der Waals surface area contributed by atoms with Gasteiger partial charge in [-0.05, 0) is 0 Å². The molecule has 0 spiro atoms. The lowest BCUT2D eigenvalue weighted by Crippen LogP contribution is -2.25. The van der Waals surface area contributed by atoms with Crippen molar-refractivity contribution in [2.45, 2.75) is 18.3 Å². The maximum Gasteiger partial charge on any atom is 0.296 e. The summed E-state index contributed by atoms with van der Waals surface area (Å²) in [6.45, 7) is 2.42. The minimum Gasteiger partial charge on any atom is -0.263 e. The molecule has 0 aliphatic carbocycles. The molecule has 1 unspecified atom stereocenters. The third kappa shape index (κ3) is 2.95. The first-order valence-corrected chi connectivity index (χ1v) is 3.74. The van der Waals surface area contributed by atoms with Crippen molar-refractivity contribution >= 4 is 15.9 Å². The lowest BCUT2D eigenvalue weighted by atomic mass is 10.3. The summed E-state index contributed by atoms with van der Waals surface area (Å²) >= 11 is 2.74. The highest BCUT2D eigenvalue weighted by molar-refractivity contribution is 9.10. The van der Waals surface area contributed by atoms with Crippen molar-refractivity contribution in [3.63, 3.8) is 0 Å². The molecular weight excluding hydrogens is 232 g/mol. The molecule has 0 N–H and O–H groups in total. The van der Waals surface area contributed by atoms with Crippen molar-refractivity contribution in [3.05, 3.63) is 32.0 Å². The summed E-state index contributed by atoms with van der Waals surface area (Å²) in [7, 11) is 0. The molecule has 1 atom stereocenters. The molecular formula is C5H7BrN2O4. The Hall–Kier alpha value is -0.980. The highest BCUT2D eigenvalue weighted by atomic mass is 79.9. The van der Waals surface area contributed by atoms with Crippen LogP contribution in [0.25, 0.3) is 0 Å². The van der Waals surface area contributed by atoms with Gasteiger partial charge in [0.05, 0.1) is 11.0 Å². The molecule has 7 heteroatoms. The average molecular weight is 239 g/mol. The second-order valence-corrected chi connectivity index (χ2v) is 3.93. The van der Waals surface area contributed by atoms with Gasteiger partial charge in [0.15, 0.2) is 0 Å². The van der Waals surface area contributed by atoms with E-state index in [1.54, 1.807) is 0 Å². The number of rotatable bonds is 3. The normalized spacial score (nSPS) is 16.8. The van der Waals surface area contributed by atoms with Gasteiger partial charge >= 0.3 is 0 Å². The van der Waals surface area contributed by atoms with Crippen molar-refractivity contribution in [2.75, 3.05) is 0 Å². The van der Waals surface area contributed by atoms with Crippen molar-refractivity contribution in [1.29, 1.82) is 0 Å². The monoisotopic (exact) mass is 238 g/mol. The smallest absolute Gasteiger partial charge is 0.263 e. The van der Waals surface area contributed by atoms with E-state index in [1.807, 2.05) is 0 Å². The summed E-state index contributed by atoms with van der Waals surface area (Å²) in [6, 6.07) is 0. The first kappa shape index (κ1) is 11.0. The van der Waals surface area contributed by atoms with Crippen LogP contribution in [-0.2, 0) is 0 Å². The van der Waals surface area contributed by atoms with Crippen LogP contribution in [0.1, 0.15) is 13.8 Å². The van der Waals surface area contributed by atoms with Crippen LogP contribution in [0.2, 0.25) is 0 Å². The van der Waals surface area contributed by atoms with Crippen molar-refractivity contribution in [1.82, 2.24) is 0 Å². The Balaban J connectivity index is 4.73. The van der Waals surface area contributed by atoms with Gasteiger partial charge in [0.2, 0.25) is 5.70 Å². The third-order valence-electron chi connectivity index (χ3n) is 1.12. The molecule has 0 aromatic heterocycles. The fraction of sp³-hybridized carbons (Fsp3) is 0.600. The summed E-state index contributed by atoms with van der Waals surface area (Å²) in [4.78, 5) is 19.0. The number of allylic oxidation sites excluding steroid dienone is 1. The number of hydrogen-bond acceptors (Lipinski definition) is 4. The Morgan fingerprint density at radius 3 is 2.17 bits per heavy atom. The van der Waals surface area contributed by atoms with Gasteiger partial charge < -0.3 is 0 Å². The Kier molecular flexibility index (Phi) is 3.32. The minimum absolute atomic E-state index is 0.258. The summed E-state index contributed by atoms with van der Waals surface area (Å²) in [6.07, 6.45) is 0.938. The highest BCUT2D eigenvalue weighted by Crippen LogP contribution is 2.21. The zero-order valence-corrected chi connectivity index (χ0v) is 8.07. The first-order chi connectivity index (χ1) is 5.27.